The Kier molecular flexibility index (Phi) is 5.77. The molecule has 1 saturated carbocycles. The first kappa shape index (κ1) is 13.5. The molecular formula is C12H22O4. The van der Waals surface area contributed by atoms with Gasteiger partial charge in [0.1, 0.15) is 0 Å². The maximum atomic E-state index is 11.6. The monoisotopic (exact) mass is 230 g/mol. The Balaban J connectivity index is 2.19. The van der Waals surface area contributed by atoms with Gasteiger partial charge in [-0.25, -0.2) is 0 Å². The zero-order valence-corrected chi connectivity index (χ0v) is 10.1. The van der Waals surface area contributed by atoms with Crippen LogP contribution in [0.5, 0.6) is 0 Å². The van der Waals surface area contributed by atoms with Crippen molar-refractivity contribution in [1.82, 2.24) is 0 Å². The van der Waals surface area contributed by atoms with Gasteiger partial charge in [-0.15, -0.1) is 0 Å². The second-order valence-electron chi connectivity index (χ2n) is 4.52. The average molecular weight is 230 g/mol. The van der Waals surface area contributed by atoms with Crippen LogP contribution in [0.4, 0.5) is 0 Å². The van der Waals surface area contributed by atoms with Crippen LogP contribution in [0.15, 0.2) is 0 Å². The van der Waals surface area contributed by atoms with Crippen molar-refractivity contribution in [3.05, 3.63) is 0 Å². The number of rotatable bonds is 5. The summed E-state index contributed by atoms with van der Waals surface area (Å²) in [6, 6.07) is 0. The molecule has 4 nitrogen and oxygen atoms in total. The molecule has 0 bridgehead atoms. The Hall–Kier alpha value is -0.610. The van der Waals surface area contributed by atoms with Crippen molar-refractivity contribution in [2.75, 3.05) is 13.7 Å². The summed E-state index contributed by atoms with van der Waals surface area (Å²) in [7, 11) is 1.64. The van der Waals surface area contributed by atoms with Gasteiger partial charge >= 0.3 is 5.97 Å². The number of hydrogen-bond acceptors (Lipinski definition) is 4. The minimum Gasteiger partial charge on any atom is -0.465 e. The second-order valence-corrected chi connectivity index (χ2v) is 4.52. The number of carbonyl (C=O) groups excluding carboxylic acids is 1. The number of ether oxygens (including phenoxy) is 2. The molecule has 0 spiro atoms. The van der Waals surface area contributed by atoms with Gasteiger partial charge in [-0.3, -0.25) is 4.79 Å². The van der Waals surface area contributed by atoms with Gasteiger partial charge in [0.15, 0.2) is 0 Å². The Bertz CT molecular complexity index is 217. The molecule has 1 rings (SSSR count). The van der Waals surface area contributed by atoms with Gasteiger partial charge in [0, 0.05) is 13.5 Å². The van der Waals surface area contributed by atoms with E-state index in [1.807, 2.05) is 6.92 Å². The highest BCUT2D eigenvalue weighted by Crippen LogP contribution is 2.25. The smallest absolute Gasteiger partial charge is 0.309 e. The standard InChI is InChI=1S/C12H22O4/c1-9(15-2)6-7-16-12(14)10-4-3-5-11(13)8-10/h9-11,13H,3-8H2,1-2H3/t9?,10?,11-/m1/s1. The summed E-state index contributed by atoms with van der Waals surface area (Å²) in [6.45, 7) is 2.35. The van der Waals surface area contributed by atoms with E-state index in [0.29, 0.717) is 13.0 Å². The Morgan fingerprint density at radius 1 is 1.50 bits per heavy atom. The molecular weight excluding hydrogens is 208 g/mol. The molecule has 0 aromatic heterocycles. The van der Waals surface area contributed by atoms with Gasteiger partial charge < -0.3 is 14.6 Å². The van der Waals surface area contributed by atoms with E-state index in [1.165, 1.54) is 0 Å². The fourth-order valence-electron chi connectivity index (χ4n) is 1.94. The molecule has 0 radical (unpaired) electrons. The molecule has 1 fully saturated rings. The molecule has 1 aliphatic rings. The number of methoxy groups -OCH3 is 1. The summed E-state index contributed by atoms with van der Waals surface area (Å²) in [6.07, 6.45) is 3.63. The van der Waals surface area contributed by atoms with Gasteiger partial charge in [0.2, 0.25) is 0 Å². The van der Waals surface area contributed by atoms with Crippen LogP contribution in [0, 0.1) is 5.92 Å². The normalized spacial score (nSPS) is 27.4. The van der Waals surface area contributed by atoms with E-state index >= 15 is 0 Å². The van der Waals surface area contributed by atoms with Crippen LogP contribution in [0.1, 0.15) is 39.0 Å². The summed E-state index contributed by atoms with van der Waals surface area (Å²) in [5.41, 5.74) is 0. The Morgan fingerprint density at radius 3 is 2.88 bits per heavy atom. The topological polar surface area (TPSA) is 55.8 Å². The van der Waals surface area contributed by atoms with Crippen LogP contribution in [-0.4, -0.2) is 37.0 Å². The lowest BCUT2D eigenvalue weighted by Gasteiger charge is -2.24. The second kappa shape index (κ2) is 6.86. The number of carbonyl (C=O) groups is 1. The van der Waals surface area contributed by atoms with Crippen molar-refractivity contribution in [3.63, 3.8) is 0 Å². The fraction of sp³-hybridized carbons (Fsp3) is 0.917. The van der Waals surface area contributed by atoms with E-state index in [4.69, 9.17) is 9.47 Å². The summed E-state index contributed by atoms with van der Waals surface area (Å²) in [5.74, 6) is -0.274. The largest absolute Gasteiger partial charge is 0.465 e. The maximum Gasteiger partial charge on any atom is 0.309 e. The van der Waals surface area contributed by atoms with Crippen molar-refractivity contribution in [3.8, 4) is 0 Å². The Morgan fingerprint density at radius 2 is 2.25 bits per heavy atom. The number of esters is 1. The van der Waals surface area contributed by atoms with Crippen LogP contribution in [0.3, 0.4) is 0 Å². The van der Waals surface area contributed by atoms with Crippen LogP contribution >= 0.6 is 0 Å². The van der Waals surface area contributed by atoms with Gasteiger partial charge in [0.05, 0.1) is 24.7 Å². The van der Waals surface area contributed by atoms with E-state index in [-0.39, 0.29) is 24.1 Å². The molecule has 0 aliphatic heterocycles. The molecule has 3 atom stereocenters. The number of hydrogen-bond donors (Lipinski definition) is 1. The third-order valence-corrected chi connectivity index (χ3v) is 3.15. The Labute approximate surface area is 96.9 Å². The van der Waals surface area contributed by atoms with Crippen molar-refractivity contribution in [2.45, 2.75) is 51.2 Å². The lowest BCUT2D eigenvalue weighted by molar-refractivity contribution is -0.151. The maximum absolute atomic E-state index is 11.6. The number of aliphatic hydroxyl groups is 1. The minimum atomic E-state index is -0.329. The fourth-order valence-corrected chi connectivity index (χ4v) is 1.94. The summed E-state index contributed by atoms with van der Waals surface area (Å²) in [5, 5.41) is 9.45. The van der Waals surface area contributed by atoms with E-state index < -0.39 is 0 Å². The predicted molar refractivity (Wildman–Crippen MR) is 60.0 cm³/mol. The zero-order valence-electron chi connectivity index (χ0n) is 10.1. The SMILES string of the molecule is COC(C)CCOC(=O)C1CCC[C@@H](O)C1. The van der Waals surface area contributed by atoms with Crippen molar-refractivity contribution >= 4 is 5.97 Å². The van der Waals surface area contributed by atoms with Crippen molar-refractivity contribution in [2.24, 2.45) is 5.92 Å². The molecule has 0 aromatic carbocycles. The molecule has 0 saturated heterocycles. The number of aliphatic hydroxyl groups excluding tert-OH is 1. The summed E-state index contributed by atoms with van der Waals surface area (Å²) < 4.78 is 10.2. The van der Waals surface area contributed by atoms with Gasteiger partial charge in [0.25, 0.3) is 0 Å². The van der Waals surface area contributed by atoms with Crippen molar-refractivity contribution < 1.29 is 19.4 Å². The first-order valence-electron chi connectivity index (χ1n) is 6.01. The van der Waals surface area contributed by atoms with Gasteiger partial charge in [-0.05, 0) is 26.2 Å². The molecule has 16 heavy (non-hydrogen) atoms. The molecule has 94 valence electrons. The first-order chi connectivity index (χ1) is 7.63. The van der Waals surface area contributed by atoms with Crippen molar-refractivity contribution in [1.29, 1.82) is 0 Å². The third-order valence-electron chi connectivity index (χ3n) is 3.15. The lowest BCUT2D eigenvalue weighted by Crippen LogP contribution is -2.27. The molecule has 1 N–H and O–H groups in total. The highest BCUT2D eigenvalue weighted by Gasteiger charge is 2.27. The highest BCUT2D eigenvalue weighted by molar-refractivity contribution is 5.72. The molecule has 0 heterocycles. The van der Waals surface area contributed by atoms with Crippen LogP contribution < -0.4 is 0 Å². The van der Waals surface area contributed by atoms with Crippen LogP contribution in [-0.2, 0) is 14.3 Å². The molecule has 1 aliphatic carbocycles. The minimum absolute atomic E-state index is 0.110. The summed E-state index contributed by atoms with van der Waals surface area (Å²) >= 11 is 0. The third kappa shape index (κ3) is 4.49. The predicted octanol–water partition coefficient (Wildman–Crippen LogP) is 1.51. The highest BCUT2D eigenvalue weighted by atomic mass is 16.5. The summed E-state index contributed by atoms with van der Waals surface area (Å²) in [4.78, 5) is 11.6. The van der Waals surface area contributed by atoms with E-state index in [0.717, 1.165) is 25.7 Å². The van der Waals surface area contributed by atoms with Crippen LogP contribution in [0.25, 0.3) is 0 Å². The van der Waals surface area contributed by atoms with Crippen LogP contribution in [0.2, 0.25) is 0 Å². The van der Waals surface area contributed by atoms with E-state index in [1.54, 1.807) is 7.11 Å². The van der Waals surface area contributed by atoms with E-state index in [2.05, 4.69) is 0 Å². The zero-order chi connectivity index (χ0) is 12.0. The molecule has 0 aromatic rings. The first-order valence-corrected chi connectivity index (χ1v) is 6.01. The molecule has 4 heteroatoms. The average Bonchev–Trinajstić information content (AvgIpc) is 2.28. The quantitative estimate of drug-likeness (QED) is 0.727. The van der Waals surface area contributed by atoms with Gasteiger partial charge in [-0.2, -0.15) is 0 Å². The lowest BCUT2D eigenvalue weighted by atomic mass is 9.87. The molecule has 0 amide bonds. The van der Waals surface area contributed by atoms with E-state index in [9.17, 15) is 9.90 Å². The molecule has 2 unspecified atom stereocenters. The van der Waals surface area contributed by atoms with Gasteiger partial charge in [-0.1, -0.05) is 6.42 Å².